The highest BCUT2D eigenvalue weighted by Crippen LogP contribution is 2.28. The first-order chi connectivity index (χ1) is 13.3. The summed E-state index contributed by atoms with van der Waals surface area (Å²) in [6.45, 7) is 6.33. The number of hydrogen-bond donors (Lipinski definition) is 1. The van der Waals surface area contributed by atoms with E-state index < -0.39 is 0 Å². The number of nitrogens with one attached hydrogen (secondary N) is 1. The molecule has 3 fully saturated rings. The molecule has 0 bridgehead atoms. The van der Waals surface area contributed by atoms with Crippen LogP contribution in [0.2, 0.25) is 0 Å². The van der Waals surface area contributed by atoms with Crippen LogP contribution in [-0.4, -0.2) is 67.1 Å². The molecule has 1 N–H and O–H groups in total. The maximum Gasteiger partial charge on any atom is 0.251 e. The lowest BCUT2D eigenvalue weighted by molar-refractivity contribution is 0.0493. The van der Waals surface area contributed by atoms with E-state index in [4.69, 9.17) is 4.74 Å². The first kappa shape index (κ1) is 18.8. The molecule has 148 valence electrons. The second-order valence-corrected chi connectivity index (χ2v) is 8.27. The lowest BCUT2D eigenvalue weighted by Crippen LogP contribution is -2.46. The lowest BCUT2D eigenvalue weighted by atomic mass is 9.90. The topological polar surface area (TPSA) is 44.8 Å². The summed E-state index contributed by atoms with van der Waals surface area (Å²) in [6, 6.07) is 8.48. The fourth-order valence-corrected chi connectivity index (χ4v) is 4.42. The van der Waals surface area contributed by atoms with Crippen LogP contribution in [-0.2, 0) is 0 Å². The third-order valence-electron chi connectivity index (χ3n) is 6.40. The van der Waals surface area contributed by atoms with Gasteiger partial charge in [-0.25, -0.2) is 0 Å². The van der Waals surface area contributed by atoms with Gasteiger partial charge in [0.1, 0.15) is 11.9 Å². The zero-order chi connectivity index (χ0) is 18.5. The van der Waals surface area contributed by atoms with Gasteiger partial charge in [0.15, 0.2) is 0 Å². The SMILES string of the molecule is O=C(NCCN1CCCC1)c1ccc(OC2CCN(C3CCC3)CC2)cc1. The third-order valence-corrected chi connectivity index (χ3v) is 6.40. The average molecular weight is 372 g/mol. The highest BCUT2D eigenvalue weighted by Gasteiger charge is 2.29. The van der Waals surface area contributed by atoms with Crippen LogP contribution in [0.1, 0.15) is 55.3 Å². The Morgan fingerprint density at radius 1 is 0.963 bits per heavy atom. The van der Waals surface area contributed by atoms with E-state index >= 15 is 0 Å². The van der Waals surface area contributed by atoms with Crippen molar-refractivity contribution in [1.29, 1.82) is 0 Å². The van der Waals surface area contributed by atoms with Crippen LogP contribution in [0.15, 0.2) is 24.3 Å². The second kappa shape index (κ2) is 9.07. The predicted octanol–water partition coefficient (Wildman–Crippen LogP) is 2.91. The maximum atomic E-state index is 12.3. The summed E-state index contributed by atoms with van der Waals surface area (Å²) in [6.07, 6.45) is 9.26. The molecule has 4 rings (SSSR count). The van der Waals surface area contributed by atoms with Gasteiger partial charge in [-0.15, -0.1) is 0 Å². The molecule has 1 aliphatic carbocycles. The van der Waals surface area contributed by atoms with Crippen molar-refractivity contribution in [2.45, 2.75) is 57.1 Å². The number of nitrogens with zero attached hydrogens (tertiary/aromatic N) is 2. The molecule has 1 aromatic rings. The van der Waals surface area contributed by atoms with Crippen molar-refractivity contribution in [3.8, 4) is 5.75 Å². The van der Waals surface area contributed by atoms with Gasteiger partial charge in [-0.2, -0.15) is 0 Å². The first-order valence-electron chi connectivity index (χ1n) is 10.8. The smallest absolute Gasteiger partial charge is 0.251 e. The summed E-state index contributed by atoms with van der Waals surface area (Å²) < 4.78 is 6.15. The number of carbonyl (C=O) groups is 1. The first-order valence-corrected chi connectivity index (χ1v) is 10.8. The Kier molecular flexibility index (Phi) is 6.30. The normalized spacial score (nSPS) is 22.5. The van der Waals surface area contributed by atoms with Crippen molar-refractivity contribution in [1.82, 2.24) is 15.1 Å². The summed E-state index contributed by atoms with van der Waals surface area (Å²) in [5.74, 6) is 0.889. The van der Waals surface area contributed by atoms with Gasteiger partial charge in [0, 0.05) is 37.8 Å². The number of ether oxygens (including phenoxy) is 1. The number of hydrogen-bond acceptors (Lipinski definition) is 4. The minimum absolute atomic E-state index is 0.00885. The van der Waals surface area contributed by atoms with Crippen LogP contribution in [0.5, 0.6) is 5.75 Å². The predicted molar refractivity (Wildman–Crippen MR) is 107 cm³/mol. The summed E-state index contributed by atoms with van der Waals surface area (Å²) in [5.41, 5.74) is 0.712. The summed E-state index contributed by atoms with van der Waals surface area (Å²) >= 11 is 0. The Labute approximate surface area is 163 Å². The number of likely N-dealkylation sites (tertiary alicyclic amines) is 2. The van der Waals surface area contributed by atoms with Gasteiger partial charge >= 0.3 is 0 Å². The van der Waals surface area contributed by atoms with E-state index in [1.165, 1.54) is 45.2 Å². The quantitative estimate of drug-likeness (QED) is 0.800. The molecule has 0 spiro atoms. The Balaban J connectivity index is 1.18. The molecule has 5 nitrogen and oxygen atoms in total. The molecule has 2 aliphatic heterocycles. The van der Waals surface area contributed by atoms with E-state index in [1.54, 1.807) is 0 Å². The summed E-state index contributed by atoms with van der Waals surface area (Å²) in [7, 11) is 0. The molecule has 3 aliphatic rings. The van der Waals surface area contributed by atoms with Crippen LogP contribution in [0, 0.1) is 0 Å². The Hall–Kier alpha value is -1.59. The van der Waals surface area contributed by atoms with Gasteiger partial charge in [0.2, 0.25) is 0 Å². The van der Waals surface area contributed by atoms with Crippen LogP contribution in [0.4, 0.5) is 0 Å². The van der Waals surface area contributed by atoms with Crippen LogP contribution < -0.4 is 10.1 Å². The molecular formula is C22H33N3O2. The largest absolute Gasteiger partial charge is 0.490 e. The zero-order valence-electron chi connectivity index (χ0n) is 16.4. The van der Waals surface area contributed by atoms with E-state index in [2.05, 4.69) is 15.1 Å². The second-order valence-electron chi connectivity index (χ2n) is 8.27. The molecule has 1 saturated carbocycles. The minimum atomic E-state index is 0.00885. The van der Waals surface area contributed by atoms with Crippen molar-refractivity contribution >= 4 is 5.91 Å². The van der Waals surface area contributed by atoms with E-state index in [9.17, 15) is 4.79 Å². The zero-order valence-corrected chi connectivity index (χ0v) is 16.4. The molecule has 0 atom stereocenters. The third kappa shape index (κ3) is 5.02. The molecule has 1 amide bonds. The Morgan fingerprint density at radius 2 is 1.67 bits per heavy atom. The van der Waals surface area contributed by atoms with Gasteiger partial charge in [0.25, 0.3) is 5.91 Å². The molecule has 0 radical (unpaired) electrons. The fourth-order valence-electron chi connectivity index (χ4n) is 4.42. The van der Waals surface area contributed by atoms with Gasteiger partial charge in [-0.05, 0) is 75.9 Å². The van der Waals surface area contributed by atoms with E-state index in [1.807, 2.05) is 24.3 Å². The average Bonchev–Trinajstić information content (AvgIpc) is 3.16. The molecule has 0 aromatic heterocycles. The molecule has 27 heavy (non-hydrogen) atoms. The minimum Gasteiger partial charge on any atom is -0.490 e. The van der Waals surface area contributed by atoms with Gasteiger partial charge in [-0.1, -0.05) is 6.42 Å². The van der Waals surface area contributed by atoms with Crippen molar-refractivity contribution in [3.63, 3.8) is 0 Å². The molecule has 1 aromatic carbocycles. The number of piperidine rings is 1. The molecule has 2 heterocycles. The number of carbonyl (C=O) groups excluding carboxylic acids is 1. The molecule has 5 heteroatoms. The highest BCUT2D eigenvalue weighted by atomic mass is 16.5. The summed E-state index contributed by atoms with van der Waals surface area (Å²) in [5, 5.41) is 3.03. The van der Waals surface area contributed by atoms with Gasteiger partial charge < -0.3 is 19.9 Å². The van der Waals surface area contributed by atoms with Crippen LogP contribution >= 0.6 is 0 Å². The van der Waals surface area contributed by atoms with Gasteiger partial charge in [-0.3, -0.25) is 4.79 Å². The Bertz CT molecular complexity index is 600. The Morgan fingerprint density at radius 3 is 2.30 bits per heavy atom. The van der Waals surface area contributed by atoms with Crippen LogP contribution in [0.3, 0.4) is 0 Å². The summed E-state index contributed by atoms with van der Waals surface area (Å²) in [4.78, 5) is 17.3. The van der Waals surface area contributed by atoms with E-state index in [-0.39, 0.29) is 5.91 Å². The molecule has 2 saturated heterocycles. The lowest BCUT2D eigenvalue weighted by Gasteiger charge is -2.41. The highest BCUT2D eigenvalue weighted by molar-refractivity contribution is 5.94. The number of benzene rings is 1. The van der Waals surface area contributed by atoms with E-state index in [0.29, 0.717) is 11.7 Å². The fraction of sp³-hybridized carbons (Fsp3) is 0.682. The van der Waals surface area contributed by atoms with Crippen molar-refractivity contribution in [3.05, 3.63) is 29.8 Å². The maximum absolute atomic E-state index is 12.3. The van der Waals surface area contributed by atoms with E-state index in [0.717, 1.165) is 50.8 Å². The van der Waals surface area contributed by atoms with Crippen molar-refractivity contribution in [2.24, 2.45) is 0 Å². The molecular weight excluding hydrogens is 338 g/mol. The molecule has 0 unspecified atom stereocenters. The van der Waals surface area contributed by atoms with Crippen molar-refractivity contribution < 1.29 is 9.53 Å². The van der Waals surface area contributed by atoms with Crippen molar-refractivity contribution in [2.75, 3.05) is 39.3 Å². The van der Waals surface area contributed by atoms with Gasteiger partial charge in [0.05, 0.1) is 0 Å². The number of amides is 1. The monoisotopic (exact) mass is 371 g/mol. The number of rotatable bonds is 7. The van der Waals surface area contributed by atoms with Crippen LogP contribution in [0.25, 0.3) is 0 Å². The standard InChI is InChI=1S/C22H33N3O2/c26-22(23-12-17-24-13-1-2-14-24)18-6-8-20(9-7-18)27-21-10-15-25(16-11-21)19-4-3-5-19/h6-9,19,21H,1-5,10-17H2,(H,23,26).